The van der Waals surface area contributed by atoms with E-state index in [0.717, 1.165) is 6.07 Å². The van der Waals surface area contributed by atoms with Crippen molar-refractivity contribution >= 4 is 17.5 Å². The Bertz CT molecular complexity index is 1150. The minimum absolute atomic E-state index is 0.0629. The van der Waals surface area contributed by atoms with Crippen molar-refractivity contribution in [3.8, 4) is 6.07 Å². The third-order valence-electron chi connectivity index (χ3n) is 7.11. The number of alkyl halides is 3. The number of rotatable bonds is 4. The minimum Gasteiger partial charge on any atom is -0.370 e. The van der Waals surface area contributed by atoms with Crippen molar-refractivity contribution in [2.24, 2.45) is 24.8 Å². The van der Waals surface area contributed by atoms with Crippen LogP contribution in [0.3, 0.4) is 0 Å². The van der Waals surface area contributed by atoms with Crippen molar-refractivity contribution in [1.29, 1.82) is 5.26 Å². The fourth-order valence-electron chi connectivity index (χ4n) is 5.26. The van der Waals surface area contributed by atoms with Gasteiger partial charge in [-0.05, 0) is 48.9 Å². The molecule has 1 N–H and O–H groups in total. The second-order valence-electron chi connectivity index (χ2n) is 9.13. The summed E-state index contributed by atoms with van der Waals surface area (Å²) in [4.78, 5) is 29.0. The second kappa shape index (κ2) is 9.60. The van der Waals surface area contributed by atoms with Crippen molar-refractivity contribution in [1.82, 2.24) is 20.0 Å². The van der Waals surface area contributed by atoms with Crippen LogP contribution in [0.25, 0.3) is 0 Å². The topological polar surface area (TPSA) is 94.3 Å². The van der Waals surface area contributed by atoms with Crippen molar-refractivity contribution in [2.45, 2.75) is 19.0 Å². The Balaban J connectivity index is 1.50. The fourth-order valence-corrected chi connectivity index (χ4v) is 5.26. The van der Waals surface area contributed by atoms with E-state index in [9.17, 15) is 22.8 Å². The van der Waals surface area contributed by atoms with E-state index in [2.05, 4.69) is 10.4 Å². The van der Waals surface area contributed by atoms with Crippen LogP contribution in [0.1, 0.15) is 34.5 Å². The van der Waals surface area contributed by atoms with Gasteiger partial charge in [-0.3, -0.25) is 14.3 Å². The summed E-state index contributed by atoms with van der Waals surface area (Å²) in [5, 5.41) is 15.9. The molecular formula is C24H27F3N6O2. The van der Waals surface area contributed by atoms with Gasteiger partial charge < -0.3 is 15.1 Å². The predicted octanol–water partition coefficient (Wildman–Crippen LogP) is 2.66. The summed E-state index contributed by atoms with van der Waals surface area (Å²) in [7, 11) is 3.30. The summed E-state index contributed by atoms with van der Waals surface area (Å²) in [6.07, 6.45) is -1.53. The number of hydrogen-bond acceptors (Lipinski definition) is 5. The molecule has 186 valence electrons. The molecule has 11 heteroatoms. The van der Waals surface area contributed by atoms with Crippen molar-refractivity contribution in [3.63, 3.8) is 0 Å². The number of carbonyl (C=O) groups excluding carboxylic acids is 2. The largest absolute Gasteiger partial charge is 0.417 e. The Morgan fingerprint density at radius 1 is 1.17 bits per heavy atom. The van der Waals surface area contributed by atoms with E-state index >= 15 is 0 Å². The molecule has 0 bridgehead atoms. The molecule has 2 fully saturated rings. The summed E-state index contributed by atoms with van der Waals surface area (Å²) < 4.78 is 42.0. The molecule has 0 spiro atoms. The lowest BCUT2D eigenvalue weighted by Crippen LogP contribution is -2.43. The Morgan fingerprint density at radius 2 is 1.89 bits per heavy atom. The van der Waals surface area contributed by atoms with Gasteiger partial charge in [-0.15, -0.1) is 0 Å². The molecule has 0 unspecified atom stereocenters. The van der Waals surface area contributed by atoms with Crippen LogP contribution in [-0.2, 0) is 18.0 Å². The lowest BCUT2D eigenvalue weighted by molar-refractivity contribution is -0.137. The molecule has 0 aliphatic carbocycles. The molecule has 3 heterocycles. The zero-order valence-corrected chi connectivity index (χ0v) is 19.5. The van der Waals surface area contributed by atoms with Crippen LogP contribution in [0, 0.1) is 29.1 Å². The van der Waals surface area contributed by atoms with E-state index in [4.69, 9.17) is 5.26 Å². The van der Waals surface area contributed by atoms with Gasteiger partial charge in [0.2, 0.25) is 5.91 Å². The number of hydrogen-bond donors (Lipinski definition) is 1. The van der Waals surface area contributed by atoms with Gasteiger partial charge in [0.25, 0.3) is 5.91 Å². The van der Waals surface area contributed by atoms with E-state index in [0.29, 0.717) is 50.4 Å². The zero-order chi connectivity index (χ0) is 25.3. The van der Waals surface area contributed by atoms with Gasteiger partial charge in [0.05, 0.1) is 23.1 Å². The Hall–Kier alpha value is -3.55. The van der Waals surface area contributed by atoms with E-state index in [1.807, 2.05) is 0 Å². The molecule has 2 saturated heterocycles. The third-order valence-corrected chi connectivity index (χ3v) is 7.11. The molecule has 1 aromatic carbocycles. The van der Waals surface area contributed by atoms with E-state index in [-0.39, 0.29) is 29.6 Å². The van der Waals surface area contributed by atoms with Gasteiger partial charge >= 0.3 is 6.18 Å². The molecule has 2 amide bonds. The fraction of sp³-hybridized carbons (Fsp3) is 0.500. The van der Waals surface area contributed by atoms with Crippen molar-refractivity contribution in [3.05, 3.63) is 47.3 Å². The third kappa shape index (κ3) is 4.97. The number of halogens is 3. The van der Waals surface area contributed by atoms with E-state index in [1.54, 1.807) is 46.9 Å². The molecule has 2 atom stereocenters. The first-order chi connectivity index (χ1) is 16.6. The number of aromatic nitrogens is 2. The number of aryl methyl sites for hydroxylation is 1. The number of piperidine rings is 1. The molecule has 1 aromatic heterocycles. The first kappa shape index (κ1) is 24.6. The van der Waals surface area contributed by atoms with Crippen molar-refractivity contribution < 1.29 is 22.8 Å². The smallest absolute Gasteiger partial charge is 0.370 e. The number of benzene rings is 1. The zero-order valence-electron chi connectivity index (χ0n) is 19.5. The molecular weight excluding hydrogens is 461 g/mol. The Morgan fingerprint density at radius 3 is 2.46 bits per heavy atom. The summed E-state index contributed by atoms with van der Waals surface area (Å²) in [5.41, 5.74) is -0.665. The van der Waals surface area contributed by atoms with Gasteiger partial charge in [-0.25, -0.2) is 0 Å². The second-order valence-corrected chi connectivity index (χ2v) is 9.13. The highest BCUT2D eigenvalue weighted by atomic mass is 19.4. The number of nitriles is 1. The average molecular weight is 489 g/mol. The highest BCUT2D eigenvalue weighted by Gasteiger charge is 2.43. The monoisotopic (exact) mass is 488 g/mol. The van der Waals surface area contributed by atoms with Crippen LogP contribution in [0.5, 0.6) is 0 Å². The first-order valence-corrected chi connectivity index (χ1v) is 11.5. The van der Waals surface area contributed by atoms with E-state index in [1.165, 1.54) is 12.1 Å². The number of likely N-dealkylation sites (tertiary alicyclic amines) is 1. The van der Waals surface area contributed by atoms with Crippen LogP contribution in [0.15, 0.2) is 30.5 Å². The number of amides is 2. The van der Waals surface area contributed by atoms with Crippen molar-refractivity contribution in [2.75, 3.05) is 38.1 Å². The lowest BCUT2D eigenvalue weighted by Gasteiger charge is -2.36. The van der Waals surface area contributed by atoms with Gasteiger partial charge in [0.15, 0.2) is 0 Å². The van der Waals surface area contributed by atoms with Gasteiger partial charge in [-0.1, -0.05) is 0 Å². The van der Waals surface area contributed by atoms with Gasteiger partial charge in [0.1, 0.15) is 5.69 Å². The summed E-state index contributed by atoms with van der Waals surface area (Å²) in [5.74, 6) is -0.568. The van der Waals surface area contributed by atoms with Gasteiger partial charge in [-0.2, -0.15) is 23.5 Å². The number of carbonyl (C=O) groups is 2. The SMILES string of the molecule is CNC(=O)[C@@H]1CN(c2ccc(C#N)c(C(F)(F)F)c2)C[C@H]1C1CCN(C(=O)c2ccn(C)n2)CC1. The quantitative estimate of drug-likeness (QED) is 0.714. The molecule has 2 aliphatic rings. The summed E-state index contributed by atoms with van der Waals surface area (Å²) in [6.45, 7) is 1.79. The Kier molecular flexibility index (Phi) is 6.74. The summed E-state index contributed by atoms with van der Waals surface area (Å²) >= 11 is 0. The molecule has 0 saturated carbocycles. The minimum atomic E-state index is -4.65. The summed E-state index contributed by atoms with van der Waals surface area (Å²) in [6, 6.07) is 6.96. The molecule has 2 aromatic rings. The maximum atomic E-state index is 13.5. The molecule has 0 radical (unpaired) electrons. The van der Waals surface area contributed by atoms with Crippen LogP contribution < -0.4 is 10.2 Å². The molecule has 8 nitrogen and oxygen atoms in total. The van der Waals surface area contributed by atoms with Gasteiger partial charge in [0, 0.05) is 52.2 Å². The molecule has 35 heavy (non-hydrogen) atoms. The van der Waals surface area contributed by atoms with Crippen LogP contribution in [0.4, 0.5) is 18.9 Å². The highest BCUT2D eigenvalue weighted by molar-refractivity contribution is 5.92. The van der Waals surface area contributed by atoms with E-state index < -0.39 is 17.3 Å². The van der Waals surface area contributed by atoms with Crippen LogP contribution in [-0.4, -0.2) is 59.7 Å². The number of nitrogens with zero attached hydrogens (tertiary/aromatic N) is 5. The standard InChI is InChI=1S/C24H27F3N6O2/c1-29-22(34)19-14-33(17-4-3-16(12-28)20(11-17)24(25,26)27)13-18(19)15-5-9-32(10-6-15)23(35)21-7-8-31(2)30-21/h3-4,7-8,11,15,18-19H,5-6,9-10,13-14H2,1-2H3,(H,29,34)/t18-,19+/m0/s1. The lowest BCUT2D eigenvalue weighted by atomic mass is 9.78. The van der Waals surface area contributed by atoms with Crippen LogP contribution >= 0.6 is 0 Å². The average Bonchev–Trinajstić information content (AvgIpc) is 3.49. The number of nitrogens with one attached hydrogen (secondary N) is 1. The maximum absolute atomic E-state index is 13.5. The molecule has 4 rings (SSSR count). The Labute approximate surface area is 201 Å². The van der Waals surface area contributed by atoms with Crippen LogP contribution in [0.2, 0.25) is 0 Å². The highest BCUT2D eigenvalue weighted by Crippen LogP contribution is 2.40. The normalized spacial score (nSPS) is 21.1. The molecule has 2 aliphatic heterocycles. The first-order valence-electron chi connectivity index (χ1n) is 11.5. The maximum Gasteiger partial charge on any atom is 0.417 e. The number of anilines is 1. The predicted molar refractivity (Wildman–Crippen MR) is 121 cm³/mol.